The molecule has 3 aliphatic carbocycles. The van der Waals surface area contributed by atoms with Gasteiger partial charge < -0.3 is 0 Å². The molecule has 4 atom stereocenters. The predicted molar refractivity (Wildman–Crippen MR) is 71.6 cm³/mol. The van der Waals surface area contributed by atoms with Crippen LogP contribution in [0.1, 0.15) is 26.7 Å². The summed E-state index contributed by atoms with van der Waals surface area (Å²) in [5.41, 5.74) is 0.133. The molecule has 0 N–H and O–H groups in total. The fourth-order valence-corrected chi connectivity index (χ4v) is 4.95. The smallest absolute Gasteiger partial charge is 0.152 e. The van der Waals surface area contributed by atoms with Crippen LogP contribution >= 0.6 is 0 Å². The van der Waals surface area contributed by atoms with E-state index in [-0.39, 0.29) is 22.4 Å². The monoisotopic (exact) mass is 262 g/mol. The Morgan fingerprint density at radius 1 is 1.17 bits per heavy atom. The molecule has 0 saturated heterocycles. The molecule has 0 radical (unpaired) electrons. The van der Waals surface area contributed by atoms with Gasteiger partial charge in [-0.3, -0.25) is 9.00 Å². The molecule has 0 aliphatic heterocycles. The van der Waals surface area contributed by atoms with Crippen molar-refractivity contribution in [3.05, 3.63) is 30.3 Å². The van der Waals surface area contributed by atoms with Crippen LogP contribution in [0.4, 0.5) is 0 Å². The quantitative estimate of drug-likeness (QED) is 0.821. The molecule has 3 saturated carbocycles. The standard InChI is InChI=1S/C15H18O2S/c1-15(2)10-8-12(15)14(16)13(9-10)18(17)11-6-4-3-5-7-11/h3-7,10,12-13H,8-9H2,1-2H3/t10-,12+,13-,18-/m1/s1. The molecular weight excluding hydrogens is 244 g/mol. The van der Waals surface area contributed by atoms with Gasteiger partial charge in [0, 0.05) is 10.8 Å². The van der Waals surface area contributed by atoms with Crippen LogP contribution in [0.5, 0.6) is 0 Å². The Labute approximate surface area is 110 Å². The van der Waals surface area contributed by atoms with E-state index in [1.807, 2.05) is 30.3 Å². The van der Waals surface area contributed by atoms with Gasteiger partial charge in [-0.2, -0.15) is 0 Å². The Hall–Kier alpha value is -0.960. The van der Waals surface area contributed by atoms with E-state index < -0.39 is 10.8 Å². The Kier molecular flexibility index (Phi) is 2.70. The summed E-state index contributed by atoms with van der Waals surface area (Å²) in [6, 6.07) is 9.38. The normalized spacial score (nSPS) is 34.8. The van der Waals surface area contributed by atoms with Crippen LogP contribution in [0.25, 0.3) is 0 Å². The van der Waals surface area contributed by atoms with Crippen molar-refractivity contribution in [3.63, 3.8) is 0 Å². The van der Waals surface area contributed by atoms with E-state index in [0.717, 1.165) is 17.7 Å². The van der Waals surface area contributed by atoms with Gasteiger partial charge in [0.1, 0.15) is 0 Å². The lowest BCUT2D eigenvalue weighted by molar-refractivity contribution is -0.147. The number of carbonyl (C=O) groups is 1. The maximum absolute atomic E-state index is 12.5. The van der Waals surface area contributed by atoms with Crippen molar-refractivity contribution >= 4 is 16.6 Å². The van der Waals surface area contributed by atoms with E-state index in [1.54, 1.807) is 0 Å². The van der Waals surface area contributed by atoms with E-state index in [2.05, 4.69) is 13.8 Å². The third kappa shape index (κ3) is 1.60. The van der Waals surface area contributed by atoms with Crippen molar-refractivity contribution in [2.75, 3.05) is 0 Å². The minimum absolute atomic E-state index is 0.133. The highest BCUT2D eigenvalue weighted by Gasteiger charge is 2.58. The molecule has 18 heavy (non-hydrogen) atoms. The van der Waals surface area contributed by atoms with Crippen LogP contribution < -0.4 is 0 Å². The topological polar surface area (TPSA) is 34.1 Å². The molecule has 2 bridgehead atoms. The summed E-state index contributed by atoms with van der Waals surface area (Å²) < 4.78 is 12.5. The summed E-state index contributed by atoms with van der Waals surface area (Å²) in [5, 5.41) is -0.274. The zero-order chi connectivity index (χ0) is 12.9. The van der Waals surface area contributed by atoms with Crippen LogP contribution in [-0.2, 0) is 15.6 Å². The number of hydrogen-bond acceptors (Lipinski definition) is 2. The lowest BCUT2D eigenvalue weighted by atomic mass is 9.48. The second kappa shape index (κ2) is 4.02. The first kappa shape index (κ1) is 12.1. The molecule has 1 aromatic rings. The number of rotatable bonds is 2. The summed E-state index contributed by atoms with van der Waals surface area (Å²) in [7, 11) is -1.17. The third-order valence-corrected chi connectivity index (χ3v) is 6.54. The van der Waals surface area contributed by atoms with Gasteiger partial charge in [-0.15, -0.1) is 0 Å². The number of Topliss-reactive ketones (excluding diaryl/α,β-unsaturated/α-hetero) is 1. The summed E-state index contributed by atoms with van der Waals surface area (Å²) in [5.74, 6) is 0.927. The molecule has 0 amide bonds. The van der Waals surface area contributed by atoms with E-state index in [0.29, 0.717) is 5.92 Å². The molecule has 3 aliphatic rings. The highest BCUT2D eigenvalue weighted by molar-refractivity contribution is 7.86. The molecule has 0 unspecified atom stereocenters. The highest BCUT2D eigenvalue weighted by atomic mass is 32.2. The van der Waals surface area contributed by atoms with E-state index >= 15 is 0 Å². The van der Waals surface area contributed by atoms with E-state index in [4.69, 9.17) is 0 Å². The molecule has 0 heterocycles. The van der Waals surface area contributed by atoms with Crippen molar-refractivity contribution in [2.24, 2.45) is 17.3 Å². The average molecular weight is 262 g/mol. The van der Waals surface area contributed by atoms with Crippen molar-refractivity contribution in [3.8, 4) is 0 Å². The summed E-state index contributed by atoms with van der Waals surface area (Å²) >= 11 is 0. The molecule has 3 fully saturated rings. The third-order valence-electron chi connectivity index (χ3n) is 4.86. The van der Waals surface area contributed by atoms with Gasteiger partial charge in [0.2, 0.25) is 0 Å². The second-order valence-corrected chi connectivity index (χ2v) is 7.68. The lowest BCUT2D eigenvalue weighted by Crippen LogP contribution is -2.58. The molecular formula is C15H18O2S. The first-order chi connectivity index (χ1) is 8.51. The SMILES string of the molecule is CC1(C)[C@H]2C[C@@H]([S@](=O)c3ccccc3)C(=O)[C@@H]1C2. The Bertz CT molecular complexity index is 506. The molecule has 2 nitrogen and oxygen atoms in total. The van der Waals surface area contributed by atoms with Gasteiger partial charge in [-0.25, -0.2) is 0 Å². The number of carbonyl (C=O) groups excluding carboxylic acids is 1. The minimum atomic E-state index is -1.17. The Morgan fingerprint density at radius 3 is 2.39 bits per heavy atom. The first-order valence-electron chi connectivity index (χ1n) is 6.51. The Balaban J connectivity index is 1.84. The fraction of sp³-hybridized carbons (Fsp3) is 0.533. The van der Waals surface area contributed by atoms with Crippen LogP contribution in [-0.4, -0.2) is 15.2 Å². The number of ketones is 1. The van der Waals surface area contributed by atoms with Crippen LogP contribution in [0.3, 0.4) is 0 Å². The predicted octanol–water partition coefficient (Wildman–Crippen LogP) is 2.80. The Morgan fingerprint density at radius 2 is 1.83 bits per heavy atom. The molecule has 1 aromatic carbocycles. The van der Waals surface area contributed by atoms with Crippen LogP contribution in [0.15, 0.2) is 35.2 Å². The molecule has 3 heteroatoms. The van der Waals surface area contributed by atoms with Crippen molar-refractivity contribution in [1.29, 1.82) is 0 Å². The van der Waals surface area contributed by atoms with Crippen LogP contribution in [0, 0.1) is 17.3 Å². The van der Waals surface area contributed by atoms with Gasteiger partial charge in [0.25, 0.3) is 0 Å². The molecule has 96 valence electrons. The van der Waals surface area contributed by atoms with Crippen molar-refractivity contribution in [1.82, 2.24) is 0 Å². The van der Waals surface area contributed by atoms with Gasteiger partial charge in [0.15, 0.2) is 5.78 Å². The maximum atomic E-state index is 12.5. The van der Waals surface area contributed by atoms with E-state index in [9.17, 15) is 9.00 Å². The minimum Gasteiger partial charge on any atom is -0.298 e. The van der Waals surface area contributed by atoms with E-state index in [1.165, 1.54) is 0 Å². The van der Waals surface area contributed by atoms with Gasteiger partial charge in [-0.05, 0) is 36.3 Å². The zero-order valence-corrected chi connectivity index (χ0v) is 11.6. The molecule has 4 rings (SSSR count). The van der Waals surface area contributed by atoms with Crippen LogP contribution in [0.2, 0.25) is 0 Å². The average Bonchev–Trinajstić information content (AvgIpc) is 2.38. The lowest BCUT2D eigenvalue weighted by Gasteiger charge is -2.57. The molecule has 0 spiro atoms. The summed E-state index contributed by atoms with van der Waals surface area (Å²) in [4.78, 5) is 13.2. The molecule has 0 aromatic heterocycles. The van der Waals surface area contributed by atoms with Crippen molar-refractivity contribution < 1.29 is 9.00 Å². The summed E-state index contributed by atoms with van der Waals surface area (Å²) in [6.45, 7) is 4.34. The second-order valence-electron chi connectivity index (χ2n) is 6.04. The largest absolute Gasteiger partial charge is 0.298 e. The number of benzene rings is 1. The fourth-order valence-electron chi connectivity index (χ4n) is 3.41. The summed E-state index contributed by atoms with van der Waals surface area (Å²) in [6.07, 6.45) is 1.80. The van der Waals surface area contributed by atoms with Gasteiger partial charge in [0.05, 0.1) is 16.0 Å². The van der Waals surface area contributed by atoms with Gasteiger partial charge >= 0.3 is 0 Å². The zero-order valence-electron chi connectivity index (χ0n) is 10.8. The maximum Gasteiger partial charge on any atom is 0.152 e. The number of fused-ring (bicyclic) bond motifs is 2. The highest BCUT2D eigenvalue weighted by Crippen LogP contribution is 2.58. The van der Waals surface area contributed by atoms with Crippen molar-refractivity contribution in [2.45, 2.75) is 36.8 Å². The van der Waals surface area contributed by atoms with Gasteiger partial charge in [-0.1, -0.05) is 32.0 Å². The number of hydrogen-bond donors (Lipinski definition) is 0. The first-order valence-corrected chi connectivity index (χ1v) is 7.72.